The second-order valence-electron chi connectivity index (χ2n) is 5.86. The first-order valence-electron chi connectivity index (χ1n) is 8.36. The van der Waals surface area contributed by atoms with E-state index >= 15 is 0 Å². The fourth-order valence-electron chi connectivity index (χ4n) is 2.77. The summed E-state index contributed by atoms with van der Waals surface area (Å²) < 4.78 is 7.70. The molecule has 0 bridgehead atoms. The van der Waals surface area contributed by atoms with Crippen molar-refractivity contribution in [3.05, 3.63) is 39.7 Å². The van der Waals surface area contributed by atoms with Crippen LogP contribution >= 0.6 is 0 Å². The van der Waals surface area contributed by atoms with Crippen molar-refractivity contribution in [3.8, 4) is 0 Å². The van der Waals surface area contributed by atoms with Gasteiger partial charge < -0.3 is 10.1 Å². The Morgan fingerprint density at radius 3 is 2.58 bits per heavy atom. The Morgan fingerprint density at radius 2 is 2.00 bits per heavy atom. The molecule has 1 unspecified atom stereocenters. The lowest BCUT2D eigenvalue weighted by atomic mass is 10.2. The third kappa shape index (κ3) is 3.81. The van der Waals surface area contributed by atoms with E-state index in [0.29, 0.717) is 17.8 Å². The molecule has 0 saturated heterocycles. The van der Waals surface area contributed by atoms with Gasteiger partial charge in [-0.2, -0.15) is 10.1 Å². The van der Waals surface area contributed by atoms with Crippen molar-refractivity contribution in [2.24, 2.45) is 7.05 Å². The van der Waals surface area contributed by atoms with Crippen LogP contribution in [0.2, 0.25) is 0 Å². The van der Waals surface area contributed by atoms with Crippen molar-refractivity contribution in [1.82, 2.24) is 19.3 Å². The largest absolute Gasteiger partial charge is 0.462 e. The summed E-state index contributed by atoms with van der Waals surface area (Å²) in [7, 11) is 1.60. The maximum atomic E-state index is 12.8. The van der Waals surface area contributed by atoms with Crippen LogP contribution in [-0.4, -0.2) is 37.8 Å². The molecule has 9 heteroatoms. The number of aryl methyl sites for hydroxylation is 3. The van der Waals surface area contributed by atoms with E-state index in [4.69, 9.17) is 4.74 Å². The molecule has 0 aliphatic carbocycles. The number of hydrogen-bond acceptors (Lipinski definition) is 6. The molecular formula is C17H23N5O4. The monoisotopic (exact) mass is 361 g/mol. The normalized spacial score (nSPS) is 11.9. The van der Waals surface area contributed by atoms with Crippen molar-refractivity contribution in [3.63, 3.8) is 0 Å². The molecular weight excluding hydrogens is 338 g/mol. The third-order valence-corrected chi connectivity index (χ3v) is 3.95. The first kappa shape index (κ1) is 19.4. The standard InChI is InChI=1S/C17H23N5O4/c1-6-13(22-11(4)8-10(3)19-17(22)25)15(23)20-14-12(9-18-21(14)5)16(24)26-7-2/h8-9,13H,6-7H2,1-5H3,(H,20,23). The maximum Gasteiger partial charge on any atom is 0.348 e. The van der Waals surface area contributed by atoms with E-state index in [1.54, 1.807) is 40.8 Å². The molecule has 9 nitrogen and oxygen atoms in total. The van der Waals surface area contributed by atoms with Gasteiger partial charge in [-0.3, -0.25) is 14.0 Å². The Kier molecular flexibility index (Phi) is 5.91. The van der Waals surface area contributed by atoms with Gasteiger partial charge in [0, 0.05) is 18.4 Å². The molecule has 1 N–H and O–H groups in total. The number of carbonyl (C=O) groups excluding carboxylic acids is 2. The first-order valence-corrected chi connectivity index (χ1v) is 8.36. The molecule has 1 atom stereocenters. The average Bonchev–Trinajstić information content (AvgIpc) is 2.91. The van der Waals surface area contributed by atoms with Crippen molar-refractivity contribution in [2.45, 2.75) is 40.2 Å². The molecule has 0 aliphatic heterocycles. The minimum absolute atomic E-state index is 0.156. The summed E-state index contributed by atoms with van der Waals surface area (Å²) in [6.07, 6.45) is 1.71. The zero-order valence-electron chi connectivity index (χ0n) is 15.6. The quantitative estimate of drug-likeness (QED) is 0.778. The van der Waals surface area contributed by atoms with Crippen LogP contribution in [0.1, 0.15) is 48.1 Å². The SMILES string of the molecule is CCOC(=O)c1cnn(C)c1NC(=O)C(CC)n1c(C)cc(C)nc1=O. The summed E-state index contributed by atoms with van der Waals surface area (Å²) in [6.45, 7) is 7.17. The Hall–Kier alpha value is -2.97. The number of ether oxygens (including phenoxy) is 1. The predicted octanol–water partition coefficient (Wildman–Crippen LogP) is 1.36. The summed E-state index contributed by atoms with van der Waals surface area (Å²) in [4.78, 5) is 41.0. The summed E-state index contributed by atoms with van der Waals surface area (Å²) >= 11 is 0. The number of esters is 1. The molecule has 2 heterocycles. The van der Waals surface area contributed by atoms with Crippen LogP contribution in [-0.2, 0) is 16.6 Å². The molecule has 26 heavy (non-hydrogen) atoms. The Bertz CT molecular complexity index is 884. The number of amides is 1. The molecule has 0 spiro atoms. The zero-order chi connectivity index (χ0) is 19.4. The highest BCUT2D eigenvalue weighted by molar-refractivity contribution is 6.01. The molecule has 0 fully saturated rings. The highest BCUT2D eigenvalue weighted by atomic mass is 16.5. The predicted molar refractivity (Wildman–Crippen MR) is 95.1 cm³/mol. The van der Waals surface area contributed by atoms with Crippen molar-refractivity contribution in [2.75, 3.05) is 11.9 Å². The smallest absolute Gasteiger partial charge is 0.348 e. The fraction of sp³-hybridized carbons (Fsp3) is 0.471. The molecule has 0 radical (unpaired) electrons. The highest BCUT2D eigenvalue weighted by Crippen LogP contribution is 2.19. The van der Waals surface area contributed by atoms with Gasteiger partial charge in [-0.15, -0.1) is 0 Å². The van der Waals surface area contributed by atoms with Gasteiger partial charge in [0.15, 0.2) is 0 Å². The molecule has 2 aromatic heterocycles. The maximum absolute atomic E-state index is 12.8. The lowest BCUT2D eigenvalue weighted by Gasteiger charge is -2.20. The number of aromatic nitrogens is 4. The van der Waals surface area contributed by atoms with Crippen LogP contribution < -0.4 is 11.0 Å². The van der Waals surface area contributed by atoms with E-state index in [1.807, 2.05) is 0 Å². The minimum atomic E-state index is -0.763. The fourth-order valence-corrected chi connectivity index (χ4v) is 2.77. The Balaban J connectivity index is 2.36. The first-order chi connectivity index (χ1) is 12.3. The van der Waals surface area contributed by atoms with Gasteiger partial charge in [-0.25, -0.2) is 9.59 Å². The lowest BCUT2D eigenvalue weighted by molar-refractivity contribution is -0.119. The molecule has 0 aromatic carbocycles. The molecule has 1 amide bonds. The van der Waals surface area contributed by atoms with Gasteiger partial charge in [0.25, 0.3) is 0 Å². The van der Waals surface area contributed by atoms with E-state index in [-0.39, 0.29) is 18.0 Å². The van der Waals surface area contributed by atoms with E-state index in [9.17, 15) is 14.4 Å². The molecule has 2 rings (SSSR count). The number of anilines is 1. The average molecular weight is 361 g/mol. The van der Waals surface area contributed by atoms with Crippen molar-refractivity contribution < 1.29 is 14.3 Å². The van der Waals surface area contributed by atoms with Crippen LogP contribution in [0.3, 0.4) is 0 Å². The number of hydrogen-bond donors (Lipinski definition) is 1. The minimum Gasteiger partial charge on any atom is -0.462 e. The van der Waals surface area contributed by atoms with Crippen LogP contribution in [0.25, 0.3) is 0 Å². The van der Waals surface area contributed by atoms with Crippen LogP contribution in [0.5, 0.6) is 0 Å². The van der Waals surface area contributed by atoms with Gasteiger partial charge in [0.1, 0.15) is 17.4 Å². The van der Waals surface area contributed by atoms with Crippen LogP contribution in [0, 0.1) is 13.8 Å². The molecule has 0 aliphatic rings. The second-order valence-corrected chi connectivity index (χ2v) is 5.86. The van der Waals surface area contributed by atoms with E-state index in [0.717, 1.165) is 0 Å². The summed E-state index contributed by atoms with van der Waals surface area (Å²) in [6, 6.07) is 0.978. The van der Waals surface area contributed by atoms with E-state index in [2.05, 4.69) is 15.4 Å². The van der Waals surface area contributed by atoms with Gasteiger partial charge in [-0.1, -0.05) is 6.92 Å². The lowest BCUT2D eigenvalue weighted by Crippen LogP contribution is -2.36. The van der Waals surface area contributed by atoms with E-state index in [1.165, 1.54) is 15.4 Å². The summed E-state index contributed by atoms with van der Waals surface area (Å²) in [5, 5.41) is 6.69. The van der Waals surface area contributed by atoms with Crippen molar-refractivity contribution >= 4 is 17.7 Å². The topological polar surface area (TPSA) is 108 Å². The van der Waals surface area contributed by atoms with E-state index < -0.39 is 23.6 Å². The molecule has 140 valence electrons. The highest BCUT2D eigenvalue weighted by Gasteiger charge is 2.25. The number of nitrogens with one attached hydrogen (secondary N) is 1. The zero-order valence-corrected chi connectivity index (χ0v) is 15.6. The van der Waals surface area contributed by atoms with Gasteiger partial charge >= 0.3 is 11.7 Å². The van der Waals surface area contributed by atoms with Crippen molar-refractivity contribution in [1.29, 1.82) is 0 Å². The Labute approximate surface area is 151 Å². The van der Waals surface area contributed by atoms with Gasteiger partial charge in [0.2, 0.25) is 5.91 Å². The summed E-state index contributed by atoms with van der Waals surface area (Å²) in [5.74, 6) is -0.788. The van der Waals surface area contributed by atoms with Crippen LogP contribution in [0.4, 0.5) is 5.82 Å². The third-order valence-electron chi connectivity index (χ3n) is 3.95. The number of carbonyl (C=O) groups is 2. The summed E-state index contributed by atoms with van der Waals surface area (Å²) in [5.41, 5.74) is 0.902. The molecule has 0 saturated carbocycles. The van der Waals surface area contributed by atoms with Gasteiger partial charge in [-0.05, 0) is 33.3 Å². The second kappa shape index (κ2) is 7.94. The number of nitrogens with zero attached hydrogens (tertiary/aromatic N) is 4. The Morgan fingerprint density at radius 1 is 1.31 bits per heavy atom. The number of rotatable bonds is 6. The molecule has 2 aromatic rings. The van der Waals surface area contributed by atoms with Gasteiger partial charge in [0.05, 0.1) is 12.8 Å². The van der Waals surface area contributed by atoms with Crippen LogP contribution in [0.15, 0.2) is 17.1 Å².